The van der Waals surface area contributed by atoms with E-state index < -0.39 is 5.60 Å². The molecular weight excluding hydrogens is 210 g/mol. The molecule has 1 heterocycles. The standard InChI is InChI=1S/C12H16ClNO/c1-9-3-4-11(13)10(7-9)12(15)5-2-6-14-8-12/h3-4,7,14-15H,2,5-6,8H2,1H3. The van der Waals surface area contributed by atoms with E-state index in [0.717, 1.165) is 30.5 Å². The molecule has 1 aliphatic heterocycles. The Labute approximate surface area is 95.3 Å². The SMILES string of the molecule is Cc1ccc(Cl)c(C2(O)CCCNC2)c1. The molecule has 2 N–H and O–H groups in total. The van der Waals surface area contributed by atoms with Crippen molar-refractivity contribution in [3.05, 3.63) is 34.3 Å². The number of piperidine rings is 1. The first-order chi connectivity index (χ1) is 7.12. The van der Waals surface area contributed by atoms with Crippen LogP contribution in [0.25, 0.3) is 0 Å². The summed E-state index contributed by atoms with van der Waals surface area (Å²) in [4.78, 5) is 0. The Morgan fingerprint density at radius 1 is 1.47 bits per heavy atom. The number of hydrogen-bond acceptors (Lipinski definition) is 2. The molecule has 0 aromatic heterocycles. The molecule has 0 radical (unpaired) electrons. The highest BCUT2D eigenvalue weighted by molar-refractivity contribution is 6.31. The summed E-state index contributed by atoms with van der Waals surface area (Å²) < 4.78 is 0. The van der Waals surface area contributed by atoms with Crippen LogP contribution in [0, 0.1) is 6.92 Å². The molecule has 0 spiro atoms. The van der Waals surface area contributed by atoms with Crippen molar-refractivity contribution in [2.24, 2.45) is 0 Å². The summed E-state index contributed by atoms with van der Waals surface area (Å²) >= 11 is 6.13. The quantitative estimate of drug-likeness (QED) is 0.768. The van der Waals surface area contributed by atoms with E-state index in [9.17, 15) is 5.11 Å². The molecule has 1 aromatic rings. The Bertz CT molecular complexity index is 359. The lowest BCUT2D eigenvalue weighted by atomic mass is 9.86. The first-order valence-corrected chi connectivity index (χ1v) is 5.69. The van der Waals surface area contributed by atoms with E-state index in [1.807, 2.05) is 25.1 Å². The molecule has 15 heavy (non-hydrogen) atoms. The summed E-state index contributed by atoms with van der Waals surface area (Å²) in [6, 6.07) is 5.81. The highest BCUT2D eigenvalue weighted by atomic mass is 35.5. The van der Waals surface area contributed by atoms with Crippen LogP contribution in [-0.4, -0.2) is 18.2 Å². The van der Waals surface area contributed by atoms with Crippen molar-refractivity contribution in [3.8, 4) is 0 Å². The van der Waals surface area contributed by atoms with Crippen LogP contribution in [-0.2, 0) is 5.60 Å². The predicted molar refractivity (Wildman–Crippen MR) is 62.2 cm³/mol. The van der Waals surface area contributed by atoms with Gasteiger partial charge in [0.1, 0.15) is 5.60 Å². The Hall–Kier alpha value is -0.570. The minimum absolute atomic E-state index is 0.593. The van der Waals surface area contributed by atoms with E-state index >= 15 is 0 Å². The highest BCUT2D eigenvalue weighted by Gasteiger charge is 2.32. The van der Waals surface area contributed by atoms with Gasteiger partial charge >= 0.3 is 0 Å². The van der Waals surface area contributed by atoms with E-state index in [1.54, 1.807) is 0 Å². The van der Waals surface area contributed by atoms with Gasteiger partial charge in [-0.2, -0.15) is 0 Å². The lowest BCUT2D eigenvalue weighted by Crippen LogP contribution is -2.43. The molecule has 0 aliphatic carbocycles. The molecular formula is C12H16ClNO. The molecule has 1 aromatic carbocycles. The van der Waals surface area contributed by atoms with Gasteiger partial charge in [-0.05, 0) is 32.4 Å². The average molecular weight is 226 g/mol. The average Bonchev–Trinajstić information content (AvgIpc) is 2.23. The monoisotopic (exact) mass is 225 g/mol. The number of nitrogens with one attached hydrogen (secondary N) is 1. The maximum atomic E-state index is 10.5. The van der Waals surface area contributed by atoms with Gasteiger partial charge in [0, 0.05) is 17.1 Å². The Balaban J connectivity index is 2.38. The van der Waals surface area contributed by atoms with Gasteiger partial charge in [-0.1, -0.05) is 29.3 Å². The number of hydrogen-bond donors (Lipinski definition) is 2. The third kappa shape index (κ3) is 2.17. The van der Waals surface area contributed by atoms with Crippen molar-refractivity contribution in [2.45, 2.75) is 25.4 Å². The zero-order chi connectivity index (χ0) is 10.9. The molecule has 1 saturated heterocycles. The predicted octanol–water partition coefficient (Wildman–Crippen LogP) is 2.22. The van der Waals surface area contributed by atoms with Gasteiger partial charge in [0.2, 0.25) is 0 Å². The lowest BCUT2D eigenvalue weighted by Gasteiger charge is -2.34. The zero-order valence-electron chi connectivity index (χ0n) is 8.89. The first-order valence-electron chi connectivity index (χ1n) is 5.31. The second kappa shape index (κ2) is 4.12. The molecule has 1 atom stereocenters. The fourth-order valence-electron chi connectivity index (χ4n) is 2.12. The summed E-state index contributed by atoms with van der Waals surface area (Å²) in [5, 5.41) is 14.4. The summed E-state index contributed by atoms with van der Waals surface area (Å²) in [5.41, 5.74) is 1.20. The molecule has 82 valence electrons. The van der Waals surface area contributed by atoms with Crippen LogP contribution < -0.4 is 5.32 Å². The Morgan fingerprint density at radius 2 is 2.27 bits per heavy atom. The van der Waals surface area contributed by atoms with Crippen molar-refractivity contribution < 1.29 is 5.11 Å². The third-order valence-corrected chi connectivity index (χ3v) is 3.31. The minimum Gasteiger partial charge on any atom is -0.384 e. The largest absolute Gasteiger partial charge is 0.384 e. The second-order valence-corrected chi connectivity index (χ2v) is 4.70. The minimum atomic E-state index is -0.790. The van der Waals surface area contributed by atoms with Crippen molar-refractivity contribution in [1.82, 2.24) is 5.32 Å². The molecule has 0 saturated carbocycles. The molecule has 3 heteroatoms. The van der Waals surface area contributed by atoms with Crippen molar-refractivity contribution in [1.29, 1.82) is 0 Å². The van der Waals surface area contributed by atoms with Crippen LogP contribution in [0.15, 0.2) is 18.2 Å². The lowest BCUT2D eigenvalue weighted by molar-refractivity contribution is 0.0123. The van der Waals surface area contributed by atoms with Gasteiger partial charge in [0.15, 0.2) is 0 Å². The summed E-state index contributed by atoms with van der Waals surface area (Å²) in [6.07, 6.45) is 1.77. The van der Waals surface area contributed by atoms with Gasteiger partial charge in [0.05, 0.1) is 0 Å². The van der Waals surface area contributed by atoms with E-state index in [1.165, 1.54) is 0 Å². The number of halogens is 1. The fraction of sp³-hybridized carbons (Fsp3) is 0.500. The zero-order valence-corrected chi connectivity index (χ0v) is 9.64. The molecule has 2 rings (SSSR count). The fourth-order valence-corrected chi connectivity index (χ4v) is 2.41. The Kier molecular flexibility index (Phi) is 3.01. The van der Waals surface area contributed by atoms with Crippen LogP contribution in [0.5, 0.6) is 0 Å². The molecule has 1 unspecified atom stereocenters. The van der Waals surface area contributed by atoms with Crippen LogP contribution in [0.2, 0.25) is 5.02 Å². The van der Waals surface area contributed by atoms with Crippen molar-refractivity contribution in [2.75, 3.05) is 13.1 Å². The van der Waals surface area contributed by atoms with Crippen LogP contribution in [0.4, 0.5) is 0 Å². The highest BCUT2D eigenvalue weighted by Crippen LogP contribution is 2.33. The molecule has 1 aliphatic rings. The second-order valence-electron chi connectivity index (χ2n) is 4.30. The molecule has 0 amide bonds. The molecule has 2 nitrogen and oxygen atoms in total. The van der Waals surface area contributed by atoms with Gasteiger partial charge < -0.3 is 10.4 Å². The van der Waals surface area contributed by atoms with Crippen molar-refractivity contribution in [3.63, 3.8) is 0 Å². The topological polar surface area (TPSA) is 32.3 Å². The van der Waals surface area contributed by atoms with Crippen LogP contribution >= 0.6 is 11.6 Å². The Morgan fingerprint density at radius 3 is 2.93 bits per heavy atom. The first kappa shape index (κ1) is 10.9. The smallest absolute Gasteiger partial charge is 0.103 e. The van der Waals surface area contributed by atoms with Crippen molar-refractivity contribution >= 4 is 11.6 Å². The summed E-state index contributed by atoms with van der Waals surface area (Å²) in [7, 11) is 0. The number of benzene rings is 1. The van der Waals surface area contributed by atoms with Crippen LogP contribution in [0.1, 0.15) is 24.0 Å². The normalized spacial score (nSPS) is 26.6. The molecule has 1 fully saturated rings. The number of β-amino-alcohol motifs (C(OH)–C–C–N with tert-alkyl or cyclic N) is 1. The maximum absolute atomic E-state index is 10.5. The number of aliphatic hydroxyl groups is 1. The van der Waals surface area contributed by atoms with Gasteiger partial charge in [-0.3, -0.25) is 0 Å². The number of aryl methyl sites for hydroxylation is 1. The van der Waals surface area contributed by atoms with Gasteiger partial charge in [-0.15, -0.1) is 0 Å². The molecule has 0 bridgehead atoms. The van der Waals surface area contributed by atoms with Crippen LogP contribution in [0.3, 0.4) is 0 Å². The number of rotatable bonds is 1. The summed E-state index contributed by atoms with van der Waals surface area (Å²) in [5.74, 6) is 0. The summed E-state index contributed by atoms with van der Waals surface area (Å²) in [6.45, 7) is 3.58. The maximum Gasteiger partial charge on any atom is 0.103 e. The van der Waals surface area contributed by atoms with E-state index in [0.29, 0.717) is 11.6 Å². The van der Waals surface area contributed by atoms with Gasteiger partial charge in [0.25, 0.3) is 0 Å². The third-order valence-electron chi connectivity index (χ3n) is 2.98. The van der Waals surface area contributed by atoms with Gasteiger partial charge in [-0.25, -0.2) is 0 Å². The van der Waals surface area contributed by atoms with E-state index in [-0.39, 0.29) is 0 Å². The van der Waals surface area contributed by atoms with E-state index in [4.69, 9.17) is 11.6 Å². The van der Waals surface area contributed by atoms with E-state index in [2.05, 4.69) is 5.32 Å².